The molecule has 1 fully saturated rings. The highest BCUT2D eigenvalue weighted by molar-refractivity contribution is 5.77. The number of hydrogen-bond acceptors (Lipinski definition) is 8. The number of piperazine rings is 1. The van der Waals surface area contributed by atoms with Crippen LogP contribution in [0.2, 0.25) is 0 Å². The fraction of sp³-hybridized carbons (Fsp3) is 0.565. The molecule has 2 aromatic heterocycles. The summed E-state index contributed by atoms with van der Waals surface area (Å²) in [6.45, 7) is 2.81. The molecule has 1 amide bonds. The van der Waals surface area contributed by atoms with Gasteiger partial charge >= 0.3 is 12.4 Å². The number of amides is 1. The summed E-state index contributed by atoms with van der Waals surface area (Å²) >= 11 is 0. The highest BCUT2D eigenvalue weighted by Gasteiger charge is 2.39. The minimum Gasteiger partial charge on any atom is -0.486 e. The van der Waals surface area contributed by atoms with E-state index in [2.05, 4.69) is 15.4 Å². The summed E-state index contributed by atoms with van der Waals surface area (Å²) in [5, 5.41) is 8.05. The van der Waals surface area contributed by atoms with Crippen LogP contribution in [0.25, 0.3) is 0 Å². The molecule has 4 heterocycles. The van der Waals surface area contributed by atoms with Gasteiger partial charge in [0.2, 0.25) is 5.91 Å². The Morgan fingerprint density at radius 1 is 1.18 bits per heavy atom. The van der Waals surface area contributed by atoms with Gasteiger partial charge in [-0.1, -0.05) is 0 Å². The van der Waals surface area contributed by atoms with Gasteiger partial charge in [-0.05, 0) is 19.4 Å². The van der Waals surface area contributed by atoms with Crippen LogP contribution in [-0.4, -0.2) is 77.5 Å². The molecule has 16 heteroatoms. The third-order valence-electron chi connectivity index (χ3n) is 6.34. The Kier molecular flexibility index (Phi) is 8.23. The third-order valence-corrected chi connectivity index (χ3v) is 6.34. The van der Waals surface area contributed by atoms with E-state index >= 15 is 0 Å². The molecule has 0 aliphatic carbocycles. The molecule has 0 spiro atoms. The molecule has 4 rings (SSSR count). The number of H-pyrrole nitrogens is 1. The van der Waals surface area contributed by atoms with Crippen molar-refractivity contribution >= 4 is 17.4 Å². The molecule has 0 saturated carbocycles. The lowest BCUT2D eigenvalue weighted by Crippen LogP contribution is -2.55. The number of anilines is 2. The van der Waals surface area contributed by atoms with E-state index in [9.17, 15) is 35.9 Å². The monoisotopic (exact) mass is 564 g/mol. The number of nitrogens with one attached hydrogen (secondary N) is 2. The van der Waals surface area contributed by atoms with E-state index in [0.29, 0.717) is 44.1 Å². The minimum atomic E-state index is -4.93. The van der Waals surface area contributed by atoms with Gasteiger partial charge in [-0.3, -0.25) is 9.59 Å². The summed E-state index contributed by atoms with van der Waals surface area (Å²) < 4.78 is 89.3. The van der Waals surface area contributed by atoms with Gasteiger partial charge in [-0.15, -0.1) is 0 Å². The Hall–Kier alpha value is -3.56. The van der Waals surface area contributed by atoms with E-state index in [-0.39, 0.29) is 31.6 Å². The van der Waals surface area contributed by atoms with Gasteiger partial charge in [0.05, 0.1) is 37.1 Å². The molecule has 1 unspecified atom stereocenters. The molecule has 0 radical (unpaired) electrons. The van der Waals surface area contributed by atoms with Crippen LogP contribution < -0.4 is 20.5 Å². The van der Waals surface area contributed by atoms with E-state index < -0.39 is 40.9 Å². The predicted molar refractivity (Wildman–Crippen MR) is 125 cm³/mol. The Balaban J connectivity index is 1.26. The van der Waals surface area contributed by atoms with Crippen molar-refractivity contribution < 1.29 is 40.6 Å². The first-order valence-corrected chi connectivity index (χ1v) is 12.1. The third kappa shape index (κ3) is 6.72. The van der Waals surface area contributed by atoms with E-state index in [1.807, 2.05) is 4.90 Å². The molecule has 1 saturated heterocycles. The van der Waals surface area contributed by atoms with E-state index in [0.717, 1.165) is 18.5 Å². The maximum Gasteiger partial charge on any atom is 0.425 e. The number of ether oxygens (including phenoxy) is 2. The van der Waals surface area contributed by atoms with Crippen LogP contribution in [0.4, 0.5) is 37.8 Å². The van der Waals surface area contributed by atoms with Crippen LogP contribution in [0.15, 0.2) is 23.3 Å². The smallest absolute Gasteiger partial charge is 0.425 e. The van der Waals surface area contributed by atoms with Crippen LogP contribution in [0.5, 0.6) is 5.75 Å². The van der Waals surface area contributed by atoms with Crippen molar-refractivity contribution in [2.45, 2.75) is 44.3 Å². The number of halogens is 6. The number of pyridine rings is 1. The van der Waals surface area contributed by atoms with Crippen molar-refractivity contribution in [3.8, 4) is 5.75 Å². The van der Waals surface area contributed by atoms with Crippen molar-refractivity contribution in [1.29, 1.82) is 0 Å². The molecule has 0 aromatic carbocycles. The van der Waals surface area contributed by atoms with E-state index in [1.54, 1.807) is 10.00 Å². The zero-order valence-corrected chi connectivity index (χ0v) is 20.7. The van der Waals surface area contributed by atoms with Gasteiger partial charge in [0.25, 0.3) is 5.56 Å². The largest absolute Gasteiger partial charge is 0.486 e. The summed E-state index contributed by atoms with van der Waals surface area (Å²) in [6, 6.07) is 0.904. The molecule has 2 N–H and O–H groups in total. The lowest BCUT2D eigenvalue weighted by Gasteiger charge is -2.41. The lowest BCUT2D eigenvalue weighted by molar-refractivity contribution is -0.141. The number of carbonyl (C=O) groups excluding carboxylic acids is 1. The zero-order chi connectivity index (χ0) is 28.4. The summed E-state index contributed by atoms with van der Waals surface area (Å²) in [5.41, 5.74) is -3.45. The average molecular weight is 564 g/mol. The van der Waals surface area contributed by atoms with Gasteiger partial charge in [0.1, 0.15) is 6.10 Å². The fourth-order valence-corrected chi connectivity index (χ4v) is 4.51. The van der Waals surface area contributed by atoms with Crippen molar-refractivity contribution in [3.05, 3.63) is 39.9 Å². The van der Waals surface area contributed by atoms with E-state index in [4.69, 9.17) is 9.47 Å². The second kappa shape index (κ2) is 11.3. The van der Waals surface area contributed by atoms with Crippen LogP contribution in [0.1, 0.15) is 30.9 Å². The minimum absolute atomic E-state index is 0.0106. The predicted octanol–water partition coefficient (Wildman–Crippen LogP) is 2.91. The van der Waals surface area contributed by atoms with Gasteiger partial charge in [0.15, 0.2) is 17.1 Å². The molecule has 2 atom stereocenters. The maximum atomic E-state index is 13.1. The van der Waals surface area contributed by atoms with Crippen LogP contribution in [0.3, 0.4) is 0 Å². The first kappa shape index (κ1) is 28.4. The Labute approximate surface area is 218 Å². The van der Waals surface area contributed by atoms with Gasteiger partial charge in [-0.25, -0.2) is 10.1 Å². The Morgan fingerprint density at radius 3 is 2.67 bits per heavy atom. The highest BCUT2D eigenvalue weighted by atomic mass is 19.4. The van der Waals surface area contributed by atoms with Crippen molar-refractivity contribution in [3.63, 3.8) is 0 Å². The summed E-state index contributed by atoms with van der Waals surface area (Å²) in [5.74, 6) is -0.502. The standard InChI is InChI=1S/C23H26F6N6O4/c1-13(39-17-10-32-33-21(37)19(17)23(27,28)29)12-38-7-3-18(36)34-5-6-35-15(11-34)2-4-30-16-8-14(22(24,25)26)9-31-20(16)35/h8-10,13,15,30H,2-7,11-12H2,1H3,(H,33,37)/t13-,15?/m0/s1. The van der Waals surface area contributed by atoms with Crippen molar-refractivity contribution in [2.24, 2.45) is 0 Å². The molecule has 2 aromatic rings. The Bertz CT molecular complexity index is 1240. The Morgan fingerprint density at radius 2 is 1.95 bits per heavy atom. The number of nitrogens with zero attached hydrogens (tertiary/aromatic N) is 4. The number of hydrogen-bond donors (Lipinski definition) is 2. The van der Waals surface area contributed by atoms with Gasteiger partial charge in [0, 0.05) is 38.4 Å². The molecule has 214 valence electrons. The zero-order valence-electron chi connectivity index (χ0n) is 20.7. The number of aromatic nitrogens is 3. The topological polar surface area (TPSA) is 113 Å². The first-order valence-electron chi connectivity index (χ1n) is 12.1. The molecular weight excluding hydrogens is 538 g/mol. The number of carbonyl (C=O) groups is 1. The second-order valence-corrected chi connectivity index (χ2v) is 9.18. The number of aromatic amines is 1. The van der Waals surface area contributed by atoms with Crippen LogP contribution >= 0.6 is 0 Å². The molecular formula is C23H26F6N6O4. The van der Waals surface area contributed by atoms with Crippen LogP contribution in [-0.2, 0) is 21.9 Å². The number of fused-ring (bicyclic) bond motifs is 3. The molecule has 2 aliphatic rings. The van der Waals surface area contributed by atoms with Gasteiger partial charge in [-0.2, -0.15) is 31.4 Å². The summed E-state index contributed by atoms with van der Waals surface area (Å²) in [4.78, 5) is 31.9. The van der Waals surface area contributed by atoms with Crippen molar-refractivity contribution in [1.82, 2.24) is 20.1 Å². The number of rotatable bonds is 7. The SMILES string of the molecule is C[C@@H](COCCC(=O)N1CCN2c3ncc(C(F)(F)F)cc3NCCC2C1)Oc1cn[nH]c(=O)c1C(F)(F)F. The van der Waals surface area contributed by atoms with E-state index in [1.165, 1.54) is 6.92 Å². The quantitative estimate of drug-likeness (QED) is 0.390. The summed E-state index contributed by atoms with van der Waals surface area (Å²) in [7, 11) is 0. The second-order valence-electron chi connectivity index (χ2n) is 9.18. The normalized spacial score (nSPS) is 18.5. The molecule has 2 aliphatic heterocycles. The lowest BCUT2D eigenvalue weighted by atomic mass is 10.1. The first-order chi connectivity index (χ1) is 18.3. The van der Waals surface area contributed by atoms with Crippen molar-refractivity contribution in [2.75, 3.05) is 49.6 Å². The summed E-state index contributed by atoms with van der Waals surface area (Å²) in [6.07, 6.45) is -8.13. The molecule has 0 bridgehead atoms. The molecule has 10 nitrogen and oxygen atoms in total. The number of alkyl halides is 6. The van der Waals surface area contributed by atoms with Crippen LogP contribution in [0, 0.1) is 0 Å². The maximum absolute atomic E-state index is 13.1. The average Bonchev–Trinajstić information content (AvgIpc) is 3.03. The fourth-order valence-electron chi connectivity index (χ4n) is 4.51. The van der Waals surface area contributed by atoms with Gasteiger partial charge < -0.3 is 24.6 Å². The molecule has 39 heavy (non-hydrogen) atoms. The highest BCUT2D eigenvalue weighted by Crippen LogP contribution is 2.37.